The van der Waals surface area contributed by atoms with E-state index in [0.717, 1.165) is 30.6 Å². The molecule has 0 bridgehead atoms. The lowest BCUT2D eigenvalue weighted by Gasteiger charge is -2.32. The molecule has 2 aromatic rings. The zero-order valence-electron chi connectivity index (χ0n) is 15.1. The molecular weight excluding hydrogens is 346 g/mol. The van der Waals surface area contributed by atoms with Gasteiger partial charge in [0.1, 0.15) is 0 Å². The third-order valence-electron chi connectivity index (χ3n) is 4.92. The fourth-order valence-corrected chi connectivity index (χ4v) is 3.63. The minimum atomic E-state index is -0.175. The van der Waals surface area contributed by atoms with Crippen molar-refractivity contribution in [2.45, 2.75) is 24.9 Å². The van der Waals surface area contributed by atoms with Gasteiger partial charge >= 0.3 is 0 Å². The van der Waals surface area contributed by atoms with Gasteiger partial charge in [-0.1, -0.05) is 54.1 Å². The molecular formula is C21H26ClN3O. The molecule has 26 heavy (non-hydrogen) atoms. The third kappa shape index (κ3) is 5.07. The molecule has 1 amide bonds. The van der Waals surface area contributed by atoms with Gasteiger partial charge in [-0.2, -0.15) is 0 Å². The average Bonchev–Trinajstić information content (AvgIpc) is 2.68. The first-order valence-corrected chi connectivity index (χ1v) is 9.53. The van der Waals surface area contributed by atoms with E-state index in [-0.39, 0.29) is 11.9 Å². The van der Waals surface area contributed by atoms with E-state index in [9.17, 15) is 4.79 Å². The second-order valence-electron chi connectivity index (χ2n) is 6.83. The summed E-state index contributed by atoms with van der Waals surface area (Å²) < 4.78 is 0. The predicted molar refractivity (Wildman–Crippen MR) is 106 cm³/mol. The van der Waals surface area contributed by atoms with E-state index in [0.29, 0.717) is 17.6 Å². The van der Waals surface area contributed by atoms with Gasteiger partial charge in [0, 0.05) is 17.6 Å². The van der Waals surface area contributed by atoms with Crippen LogP contribution in [0.4, 0.5) is 0 Å². The number of nitrogens with zero attached hydrogens (tertiary/aromatic N) is 1. The molecule has 1 aliphatic heterocycles. The molecule has 1 saturated heterocycles. The van der Waals surface area contributed by atoms with Crippen LogP contribution in [-0.2, 0) is 4.79 Å². The molecule has 0 aliphatic carbocycles. The van der Waals surface area contributed by atoms with Crippen molar-refractivity contribution in [1.82, 2.24) is 15.5 Å². The van der Waals surface area contributed by atoms with E-state index in [2.05, 4.69) is 15.5 Å². The Labute approximate surface area is 160 Å². The third-order valence-corrected chi connectivity index (χ3v) is 5.17. The number of nitrogens with one attached hydrogen (secondary N) is 2. The number of rotatable bonds is 6. The number of piperidine rings is 1. The number of benzene rings is 2. The van der Waals surface area contributed by atoms with E-state index < -0.39 is 0 Å². The van der Waals surface area contributed by atoms with Crippen molar-refractivity contribution >= 4 is 17.5 Å². The van der Waals surface area contributed by atoms with Gasteiger partial charge < -0.3 is 10.6 Å². The molecule has 0 spiro atoms. The summed E-state index contributed by atoms with van der Waals surface area (Å²) in [6, 6.07) is 18.0. The molecule has 3 rings (SSSR count). The van der Waals surface area contributed by atoms with E-state index in [1.807, 2.05) is 61.6 Å². The lowest BCUT2D eigenvalue weighted by Crippen LogP contribution is -2.48. The second-order valence-corrected chi connectivity index (χ2v) is 7.26. The lowest BCUT2D eigenvalue weighted by molar-refractivity contribution is -0.123. The van der Waals surface area contributed by atoms with Gasteiger partial charge in [0.2, 0.25) is 5.91 Å². The van der Waals surface area contributed by atoms with Crippen LogP contribution in [0.5, 0.6) is 0 Å². The number of amides is 1. The molecule has 138 valence electrons. The molecule has 0 aromatic heterocycles. The molecule has 0 radical (unpaired) electrons. The molecule has 1 fully saturated rings. The van der Waals surface area contributed by atoms with Gasteiger partial charge in [-0.05, 0) is 49.7 Å². The van der Waals surface area contributed by atoms with Crippen LogP contribution in [0.15, 0.2) is 54.6 Å². The fraction of sp³-hybridized carbons (Fsp3) is 0.381. The van der Waals surface area contributed by atoms with Crippen molar-refractivity contribution in [2.24, 2.45) is 0 Å². The van der Waals surface area contributed by atoms with E-state index >= 15 is 0 Å². The van der Waals surface area contributed by atoms with Gasteiger partial charge in [-0.25, -0.2) is 0 Å². The number of hydrogen-bond acceptors (Lipinski definition) is 3. The maximum absolute atomic E-state index is 12.7. The van der Waals surface area contributed by atoms with Crippen LogP contribution in [0.25, 0.3) is 0 Å². The fourth-order valence-electron chi connectivity index (χ4n) is 3.50. The molecule has 4 nitrogen and oxygen atoms in total. The molecule has 5 heteroatoms. The molecule has 2 aromatic carbocycles. The Morgan fingerprint density at radius 2 is 1.85 bits per heavy atom. The SMILES string of the molecule is CNC1CCCN(CC(=O)NC(c2ccccc2)c2ccc(Cl)cc2)C1. The molecule has 0 saturated carbocycles. The summed E-state index contributed by atoms with van der Waals surface area (Å²) >= 11 is 6.02. The van der Waals surface area contributed by atoms with Crippen LogP contribution in [-0.4, -0.2) is 43.5 Å². The zero-order valence-corrected chi connectivity index (χ0v) is 15.9. The van der Waals surface area contributed by atoms with Crippen LogP contribution in [0.3, 0.4) is 0 Å². The first-order valence-electron chi connectivity index (χ1n) is 9.15. The second kappa shape index (κ2) is 9.17. The minimum Gasteiger partial charge on any atom is -0.344 e. The van der Waals surface area contributed by atoms with E-state index in [1.54, 1.807) is 0 Å². The molecule has 2 N–H and O–H groups in total. The van der Waals surface area contributed by atoms with Crippen molar-refractivity contribution in [1.29, 1.82) is 0 Å². The summed E-state index contributed by atoms with van der Waals surface area (Å²) in [5.74, 6) is 0.0468. The van der Waals surface area contributed by atoms with E-state index in [4.69, 9.17) is 11.6 Å². The molecule has 2 unspecified atom stereocenters. The summed E-state index contributed by atoms with van der Waals surface area (Å²) in [5, 5.41) is 7.22. The zero-order chi connectivity index (χ0) is 18.4. The van der Waals surface area contributed by atoms with E-state index in [1.165, 1.54) is 6.42 Å². The van der Waals surface area contributed by atoms with Gasteiger partial charge in [-0.15, -0.1) is 0 Å². The first kappa shape index (κ1) is 18.9. The Bertz CT molecular complexity index is 705. The molecule has 2 atom stereocenters. The minimum absolute atomic E-state index is 0.0468. The smallest absolute Gasteiger partial charge is 0.234 e. The highest BCUT2D eigenvalue weighted by Crippen LogP contribution is 2.23. The summed E-state index contributed by atoms with van der Waals surface area (Å²) in [6.07, 6.45) is 2.30. The van der Waals surface area contributed by atoms with Crippen molar-refractivity contribution in [3.05, 3.63) is 70.7 Å². The normalized spacial score (nSPS) is 19.1. The number of likely N-dealkylation sites (N-methyl/N-ethyl adjacent to an activating group) is 1. The highest BCUT2D eigenvalue weighted by molar-refractivity contribution is 6.30. The number of hydrogen-bond donors (Lipinski definition) is 2. The number of carbonyl (C=O) groups excluding carboxylic acids is 1. The number of carbonyl (C=O) groups is 1. The van der Waals surface area contributed by atoms with Crippen LogP contribution < -0.4 is 10.6 Å². The summed E-state index contributed by atoms with van der Waals surface area (Å²) in [5.41, 5.74) is 2.09. The predicted octanol–water partition coefficient (Wildman–Crippen LogP) is 3.23. The Kier molecular flexibility index (Phi) is 6.67. The van der Waals surface area contributed by atoms with Crippen LogP contribution in [0, 0.1) is 0 Å². The Morgan fingerprint density at radius 3 is 2.54 bits per heavy atom. The molecule has 1 heterocycles. The van der Waals surface area contributed by atoms with Crippen molar-refractivity contribution in [2.75, 3.05) is 26.7 Å². The van der Waals surface area contributed by atoms with Gasteiger partial charge in [0.05, 0.1) is 12.6 Å². The maximum atomic E-state index is 12.7. The number of likely N-dealkylation sites (tertiary alicyclic amines) is 1. The van der Waals surface area contributed by atoms with Crippen LogP contribution >= 0.6 is 11.6 Å². The standard InChI is InChI=1S/C21H26ClN3O/c1-23-19-8-5-13-25(14-19)15-20(26)24-21(16-6-3-2-4-7-16)17-9-11-18(22)12-10-17/h2-4,6-7,9-12,19,21,23H,5,8,13-15H2,1H3,(H,24,26). The monoisotopic (exact) mass is 371 g/mol. The maximum Gasteiger partial charge on any atom is 0.234 e. The topological polar surface area (TPSA) is 44.4 Å². The average molecular weight is 372 g/mol. The van der Waals surface area contributed by atoms with Crippen molar-refractivity contribution < 1.29 is 4.79 Å². The molecule has 1 aliphatic rings. The largest absolute Gasteiger partial charge is 0.344 e. The number of halogens is 1. The Morgan fingerprint density at radius 1 is 1.15 bits per heavy atom. The summed E-state index contributed by atoms with van der Waals surface area (Å²) in [6.45, 7) is 2.32. The highest BCUT2D eigenvalue weighted by atomic mass is 35.5. The van der Waals surface area contributed by atoms with Crippen molar-refractivity contribution in [3.63, 3.8) is 0 Å². The first-order chi connectivity index (χ1) is 12.7. The quantitative estimate of drug-likeness (QED) is 0.819. The van der Waals surface area contributed by atoms with Gasteiger partial charge in [0.15, 0.2) is 0 Å². The lowest BCUT2D eigenvalue weighted by atomic mass is 9.98. The Hall–Kier alpha value is -1.88. The summed E-state index contributed by atoms with van der Waals surface area (Å²) in [4.78, 5) is 15.0. The van der Waals surface area contributed by atoms with Crippen LogP contribution in [0.1, 0.15) is 30.0 Å². The van der Waals surface area contributed by atoms with Crippen molar-refractivity contribution in [3.8, 4) is 0 Å². The highest BCUT2D eigenvalue weighted by Gasteiger charge is 2.22. The van der Waals surface area contributed by atoms with Crippen LogP contribution in [0.2, 0.25) is 5.02 Å². The van der Waals surface area contributed by atoms with Gasteiger partial charge in [0.25, 0.3) is 0 Å². The Balaban J connectivity index is 1.71. The van der Waals surface area contributed by atoms with Gasteiger partial charge in [-0.3, -0.25) is 9.69 Å². The summed E-state index contributed by atoms with van der Waals surface area (Å²) in [7, 11) is 1.99.